The van der Waals surface area contributed by atoms with Crippen molar-refractivity contribution in [3.05, 3.63) is 35.1 Å². The summed E-state index contributed by atoms with van der Waals surface area (Å²) in [6, 6.07) is 4.58. The lowest BCUT2D eigenvalue weighted by Gasteiger charge is -2.39. The number of carbonyl (C=O) groups is 1. The second-order valence-corrected chi connectivity index (χ2v) is 6.09. The first-order chi connectivity index (χ1) is 9.46. The third-order valence-corrected chi connectivity index (χ3v) is 4.43. The van der Waals surface area contributed by atoms with E-state index in [4.69, 9.17) is 5.73 Å². The van der Waals surface area contributed by atoms with Gasteiger partial charge in [0.25, 0.3) is 5.91 Å². The fourth-order valence-corrected chi connectivity index (χ4v) is 2.74. The van der Waals surface area contributed by atoms with E-state index in [1.54, 1.807) is 19.1 Å². The average molecular weight is 278 g/mol. The monoisotopic (exact) mass is 278 g/mol. The van der Waals surface area contributed by atoms with Crippen molar-refractivity contribution >= 4 is 5.91 Å². The Kier molecular flexibility index (Phi) is 4.43. The van der Waals surface area contributed by atoms with Crippen LogP contribution in [-0.2, 0) is 0 Å². The van der Waals surface area contributed by atoms with Crippen LogP contribution in [0.15, 0.2) is 18.2 Å². The largest absolute Gasteiger partial charge is 0.345 e. The van der Waals surface area contributed by atoms with Crippen molar-refractivity contribution in [1.29, 1.82) is 0 Å². The highest BCUT2D eigenvalue weighted by Crippen LogP contribution is 2.31. The zero-order valence-electron chi connectivity index (χ0n) is 12.2. The molecule has 2 rings (SSSR count). The van der Waals surface area contributed by atoms with Crippen molar-refractivity contribution in [2.75, 3.05) is 6.54 Å². The van der Waals surface area contributed by atoms with Gasteiger partial charge in [0.15, 0.2) is 0 Å². The standard InChI is InChI=1S/C16H23FN2O/c1-11-5-7-16(10-18,8-6-11)19-15(20)13-4-3-12(2)14(17)9-13/h3-4,9,11H,5-8,10,18H2,1-2H3,(H,19,20). The normalized spacial score (nSPS) is 26.3. The zero-order chi connectivity index (χ0) is 14.8. The van der Waals surface area contributed by atoms with Crippen LogP contribution >= 0.6 is 0 Å². The highest BCUT2D eigenvalue weighted by molar-refractivity contribution is 5.94. The lowest BCUT2D eigenvalue weighted by atomic mass is 9.77. The molecule has 4 heteroatoms. The first-order valence-corrected chi connectivity index (χ1v) is 7.24. The van der Waals surface area contributed by atoms with Gasteiger partial charge in [-0.15, -0.1) is 0 Å². The summed E-state index contributed by atoms with van der Waals surface area (Å²) < 4.78 is 13.5. The molecule has 0 heterocycles. The smallest absolute Gasteiger partial charge is 0.251 e. The Hall–Kier alpha value is -1.42. The lowest BCUT2D eigenvalue weighted by Crippen LogP contribution is -2.55. The molecule has 0 spiro atoms. The van der Waals surface area contributed by atoms with Crippen LogP contribution in [0.3, 0.4) is 0 Å². The molecule has 0 aromatic heterocycles. The Morgan fingerprint density at radius 1 is 1.45 bits per heavy atom. The topological polar surface area (TPSA) is 55.1 Å². The van der Waals surface area contributed by atoms with Gasteiger partial charge in [-0.05, 0) is 56.2 Å². The van der Waals surface area contributed by atoms with Crippen LogP contribution in [0.2, 0.25) is 0 Å². The molecule has 1 amide bonds. The third kappa shape index (κ3) is 3.18. The second-order valence-electron chi connectivity index (χ2n) is 6.09. The maximum Gasteiger partial charge on any atom is 0.251 e. The fraction of sp³-hybridized carbons (Fsp3) is 0.562. The summed E-state index contributed by atoms with van der Waals surface area (Å²) >= 11 is 0. The van der Waals surface area contributed by atoms with E-state index >= 15 is 0 Å². The van der Waals surface area contributed by atoms with E-state index < -0.39 is 0 Å². The van der Waals surface area contributed by atoms with Crippen LogP contribution in [0.4, 0.5) is 4.39 Å². The molecule has 0 saturated heterocycles. The summed E-state index contributed by atoms with van der Waals surface area (Å²) in [6.07, 6.45) is 3.93. The van der Waals surface area contributed by atoms with E-state index in [0.29, 0.717) is 23.6 Å². The number of halogens is 1. The summed E-state index contributed by atoms with van der Waals surface area (Å²) in [7, 11) is 0. The number of benzene rings is 1. The molecule has 1 aromatic rings. The molecule has 1 fully saturated rings. The van der Waals surface area contributed by atoms with Crippen LogP contribution < -0.4 is 11.1 Å². The highest BCUT2D eigenvalue weighted by atomic mass is 19.1. The number of amides is 1. The Morgan fingerprint density at radius 3 is 2.65 bits per heavy atom. The molecule has 1 aromatic carbocycles. The molecule has 0 unspecified atom stereocenters. The Bertz CT molecular complexity index is 493. The van der Waals surface area contributed by atoms with Gasteiger partial charge in [0.2, 0.25) is 0 Å². The molecule has 3 nitrogen and oxygen atoms in total. The quantitative estimate of drug-likeness (QED) is 0.893. The molecule has 110 valence electrons. The second kappa shape index (κ2) is 5.92. The molecule has 0 bridgehead atoms. The van der Waals surface area contributed by atoms with E-state index in [-0.39, 0.29) is 17.3 Å². The predicted octanol–water partition coefficient (Wildman–Crippen LogP) is 2.77. The number of aryl methyl sites for hydroxylation is 1. The van der Waals surface area contributed by atoms with Crippen LogP contribution in [-0.4, -0.2) is 18.0 Å². The van der Waals surface area contributed by atoms with E-state index in [0.717, 1.165) is 25.7 Å². The van der Waals surface area contributed by atoms with Crippen LogP contribution in [0.5, 0.6) is 0 Å². The summed E-state index contributed by atoms with van der Waals surface area (Å²) in [6.45, 7) is 4.33. The average Bonchev–Trinajstić information content (AvgIpc) is 2.44. The van der Waals surface area contributed by atoms with E-state index in [1.807, 2.05) is 0 Å². The Labute approximate surface area is 119 Å². The van der Waals surface area contributed by atoms with Crippen molar-refractivity contribution < 1.29 is 9.18 Å². The number of nitrogens with one attached hydrogen (secondary N) is 1. The summed E-state index contributed by atoms with van der Waals surface area (Å²) in [5.41, 5.74) is 6.45. The van der Waals surface area contributed by atoms with E-state index in [1.165, 1.54) is 6.07 Å². The number of carbonyl (C=O) groups excluding carboxylic acids is 1. The van der Waals surface area contributed by atoms with Gasteiger partial charge in [0.05, 0.1) is 5.54 Å². The Morgan fingerprint density at radius 2 is 2.10 bits per heavy atom. The lowest BCUT2D eigenvalue weighted by molar-refractivity contribution is 0.0859. The third-order valence-electron chi connectivity index (χ3n) is 4.43. The molecule has 1 aliphatic rings. The predicted molar refractivity (Wildman–Crippen MR) is 78.0 cm³/mol. The van der Waals surface area contributed by atoms with Crippen molar-refractivity contribution in [3.63, 3.8) is 0 Å². The van der Waals surface area contributed by atoms with E-state index in [2.05, 4.69) is 12.2 Å². The number of nitrogens with two attached hydrogens (primary N) is 1. The maximum absolute atomic E-state index is 13.5. The van der Waals surface area contributed by atoms with Crippen LogP contribution in [0.1, 0.15) is 48.5 Å². The van der Waals surface area contributed by atoms with Crippen molar-refractivity contribution in [2.45, 2.75) is 45.1 Å². The van der Waals surface area contributed by atoms with Crippen molar-refractivity contribution in [2.24, 2.45) is 11.7 Å². The minimum Gasteiger partial charge on any atom is -0.345 e. The molecule has 0 radical (unpaired) electrons. The van der Waals surface area contributed by atoms with Crippen LogP contribution in [0, 0.1) is 18.7 Å². The fourth-order valence-electron chi connectivity index (χ4n) is 2.74. The van der Waals surface area contributed by atoms with Gasteiger partial charge in [-0.25, -0.2) is 4.39 Å². The Balaban J connectivity index is 2.11. The highest BCUT2D eigenvalue weighted by Gasteiger charge is 2.34. The first kappa shape index (κ1) is 15.0. The molecular formula is C16H23FN2O. The van der Waals surface area contributed by atoms with Crippen molar-refractivity contribution in [3.8, 4) is 0 Å². The zero-order valence-corrected chi connectivity index (χ0v) is 12.2. The summed E-state index contributed by atoms with van der Waals surface area (Å²) in [4.78, 5) is 12.3. The minimum absolute atomic E-state index is 0.232. The van der Waals surface area contributed by atoms with Gasteiger partial charge < -0.3 is 11.1 Å². The van der Waals surface area contributed by atoms with Crippen molar-refractivity contribution in [1.82, 2.24) is 5.32 Å². The van der Waals surface area contributed by atoms with Gasteiger partial charge >= 0.3 is 0 Å². The van der Waals surface area contributed by atoms with Gasteiger partial charge in [0, 0.05) is 12.1 Å². The molecule has 1 saturated carbocycles. The summed E-state index contributed by atoms with van der Waals surface area (Å²) in [5.74, 6) is 0.101. The number of hydrogen-bond acceptors (Lipinski definition) is 2. The molecule has 0 atom stereocenters. The minimum atomic E-state index is -0.350. The van der Waals surface area contributed by atoms with E-state index in [9.17, 15) is 9.18 Å². The maximum atomic E-state index is 13.5. The van der Waals surface area contributed by atoms with Gasteiger partial charge in [-0.2, -0.15) is 0 Å². The summed E-state index contributed by atoms with van der Waals surface area (Å²) in [5, 5.41) is 3.03. The number of rotatable bonds is 3. The van der Waals surface area contributed by atoms with Gasteiger partial charge in [-0.3, -0.25) is 4.79 Å². The van der Waals surface area contributed by atoms with Gasteiger partial charge in [0.1, 0.15) is 5.82 Å². The molecule has 20 heavy (non-hydrogen) atoms. The molecule has 1 aliphatic carbocycles. The first-order valence-electron chi connectivity index (χ1n) is 7.24. The SMILES string of the molecule is Cc1ccc(C(=O)NC2(CN)CCC(C)CC2)cc1F. The number of hydrogen-bond donors (Lipinski definition) is 2. The van der Waals surface area contributed by atoms with Crippen LogP contribution in [0.25, 0.3) is 0 Å². The molecule has 3 N–H and O–H groups in total. The van der Waals surface area contributed by atoms with Gasteiger partial charge in [-0.1, -0.05) is 13.0 Å². The molecule has 0 aliphatic heterocycles. The molecular weight excluding hydrogens is 255 g/mol.